The number of amides is 1. The number of sulfonamides is 1. The SMILES string of the molecule is CC1CC(C)CN(C(=O)c2ccc(Cl)c(S(=O)(=O)N(C)C)c2)C1. The Balaban J connectivity index is 2.36. The average molecular weight is 359 g/mol. The maximum atomic E-state index is 12.7. The van der Waals surface area contributed by atoms with Gasteiger partial charge >= 0.3 is 0 Å². The number of benzene rings is 1. The molecule has 1 aromatic carbocycles. The number of carbonyl (C=O) groups is 1. The summed E-state index contributed by atoms with van der Waals surface area (Å²) in [5, 5.41) is 0.121. The lowest BCUT2D eigenvalue weighted by atomic mass is 9.91. The van der Waals surface area contributed by atoms with Gasteiger partial charge in [0.1, 0.15) is 4.90 Å². The molecule has 1 aliphatic heterocycles. The normalized spacial score (nSPS) is 22.4. The summed E-state index contributed by atoms with van der Waals surface area (Å²) in [5.41, 5.74) is 0.358. The lowest BCUT2D eigenvalue weighted by Gasteiger charge is -2.35. The molecular weight excluding hydrogens is 336 g/mol. The first kappa shape index (κ1) is 18.2. The van der Waals surface area contributed by atoms with Crippen LogP contribution in [0.1, 0.15) is 30.6 Å². The third kappa shape index (κ3) is 3.87. The highest BCUT2D eigenvalue weighted by Gasteiger charge is 2.28. The van der Waals surface area contributed by atoms with Gasteiger partial charge in [-0.15, -0.1) is 0 Å². The Morgan fingerprint density at radius 2 is 1.78 bits per heavy atom. The van der Waals surface area contributed by atoms with Gasteiger partial charge in [-0.2, -0.15) is 0 Å². The Kier molecular flexibility index (Phi) is 5.38. The number of nitrogens with zero attached hydrogens (tertiary/aromatic N) is 2. The van der Waals surface area contributed by atoms with Crippen LogP contribution in [0.3, 0.4) is 0 Å². The van der Waals surface area contributed by atoms with Crippen LogP contribution in [0, 0.1) is 11.8 Å². The Hall–Kier alpha value is -1.11. The molecule has 1 aliphatic rings. The minimum atomic E-state index is -3.69. The van der Waals surface area contributed by atoms with Gasteiger partial charge in [0.25, 0.3) is 5.91 Å². The van der Waals surface area contributed by atoms with E-state index in [9.17, 15) is 13.2 Å². The molecule has 0 aromatic heterocycles. The molecule has 1 saturated heterocycles. The molecule has 0 aliphatic carbocycles. The van der Waals surface area contributed by atoms with Gasteiger partial charge in [0.15, 0.2) is 0 Å². The van der Waals surface area contributed by atoms with Gasteiger partial charge in [-0.1, -0.05) is 25.4 Å². The summed E-state index contributed by atoms with van der Waals surface area (Å²) >= 11 is 6.03. The summed E-state index contributed by atoms with van der Waals surface area (Å²) in [7, 11) is -0.808. The van der Waals surface area contributed by atoms with Gasteiger partial charge in [-0.05, 0) is 36.5 Å². The Bertz CT molecular complexity index is 693. The zero-order valence-electron chi connectivity index (χ0n) is 13.9. The lowest BCUT2D eigenvalue weighted by Crippen LogP contribution is -2.42. The highest BCUT2D eigenvalue weighted by Crippen LogP contribution is 2.27. The van der Waals surface area contributed by atoms with Crippen molar-refractivity contribution in [2.24, 2.45) is 11.8 Å². The summed E-state index contributed by atoms with van der Waals surface area (Å²) in [6, 6.07) is 4.44. The molecule has 1 amide bonds. The van der Waals surface area contributed by atoms with E-state index in [-0.39, 0.29) is 15.8 Å². The number of carbonyl (C=O) groups excluding carboxylic acids is 1. The first-order chi connectivity index (χ1) is 10.6. The molecule has 2 rings (SSSR count). The van der Waals surface area contributed by atoms with Crippen LogP contribution in [-0.2, 0) is 10.0 Å². The second-order valence-corrected chi connectivity index (χ2v) is 9.12. The van der Waals surface area contributed by atoms with Crippen LogP contribution in [0.15, 0.2) is 23.1 Å². The summed E-state index contributed by atoms with van der Waals surface area (Å²) in [5.74, 6) is 0.746. The molecule has 1 aromatic rings. The van der Waals surface area contributed by atoms with Crippen LogP contribution >= 0.6 is 11.6 Å². The van der Waals surface area contributed by atoms with Crippen molar-refractivity contribution in [2.75, 3.05) is 27.2 Å². The Morgan fingerprint density at radius 3 is 2.30 bits per heavy atom. The van der Waals surface area contributed by atoms with E-state index in [1.54, 1.807) is 11.0 Å². The molecule has 1 fully saturated rings. The Labute approximate surface area is 143 Å². The number of hydrogen-bond acceptors (Lipinski definition) is 3. The quantitative estimate of drug-likeness (QED) is 0.834. The van der Waals surface area contributed by atoms with Crippen molar-refractivity contribution in [2.45, 2.75) is 25.2 Å². The third-order valence-corrected chi connectivity index (χ3v) is 6.39. The number of piperidine rings is 1. The van der Waals surface area contributed by atoms with Crippen molar-refractivity contribution in [3.8, 4) is 0 Å². The number of hydrogen-bond donors (Lipinski definition) is 0. The van der Waals surface area contributed by atoms with E-state index in [1.165, 1.54) is 26.2 Å². The fraction of sp³-hybridized carbons (Fsp3) is 0.562. The minimum Gasteiger partial charge on any atom is -0.338 e. The smallest absolute Gasteiger partial charge is 0.253 e. The fourth-order valence-corrected chi connectivity index (χ4v) is 4.44. The monoisotopic (exact) mass is 358 g/mol. The minimum absolute atomic E-state index is 0.0341. The number of likely N-dealkylation sites (tertiary alicyclic amines) is 1. The lowest BCUT2D eigenvalue weighted by molar-refractivity contribution is 0.0623. The van der Waals surface area contributed by atoms with E-state index < -0.39 is 10.0 Å². The van der Waals surface area contributed by atoms with Crippen molar-refractivity contribution >= 4 is 27.5 Å². The van der Waals surface area contributed by atoms with Crippen LogP contribution < -0.4 is 0 Å². The van der Waals surface area contributed by atoms with Crippen LogP contribution in [0.5, 0.6) is 0 Å². The van der Waals surface area contributed by atoms with Crippen molar-refractivity contribution in [1.82, 2.24) is 9.21 Å². The van der Waals surface area contributed by atoms with Crippen LogP contribution in [0.2, 0.25) is 5.02 Å². The first-order valence-electron chi connectivity index (χ1n) is 7.64. The summed E-state index contributed by atoms with van der Waals surface area (Å²) < 4.78 is 25.7. The Morgan fingerprint density at radius 1 is 1.22 bits per heavy atom. The molecule has 2 unspecified atom stereocenters. The van der Waals surface area contributed by atoms with E-state index in [0.717, 1.165) is 10.7 Å². The highest BCUT2D eigenvalue weighted by molar-refractivity contribution is 7.89. The van der Waals surface area contributed by atoms with Crippen molar-refractivity contribution < 1.29 is 13.2 Å². The largest absolute Gasteiger partial charge is 0.338 e. The van der Waals surface area contributed by atoms with Gasteiger partial charge in [-0.3, -0.25) is 4.79 Å². The van der Waals surface area contributed by atoms with E-state index in [4.69, 9.17) is 11.6 Å². The van der Waals surface area contributed by atoms with Gasteiger partial charge in [0.2, 0.25) is 10.0 Å². The summed E-state index contributed by atoms with van der Waals surface area (Å²) in [6.07, 6.45) is 1.10. The third-order valence-electron chi connectivity index (χ3n) is 4.09. The van der Waals surface area contributed by atoms with Gasteiger partial charge in [0, 0.05) is 32.7 Å². The highest BCUT2D eigenvalue weighted by atomic mass is 35.5. The molecule has 0 spiro atoms. The number of halogens is 1. The molecule has 1 heterocycles. The molecule has 7 heteroatoms. The summed E-state index contributed by atoms with van der Waals surface area (Å²) in [4.78, 5) is 14.5. The van der Waals surface area contributed by atoms with E-state index in [0.29, 0.717) is 30.5 Å². The van der Waals surface area contributed by atoms with Gasteiger partial charge in [-0.25, -0.2) is 12.7 Å². The van der Waals surface area contributed by atoms with E-state index in [2.05, 4.69) is 13.8 Å². The van der Waals surface area contributed by atoms with E-state index in [1.807, 2.05) is 0 Å². The maximum Gasteiger partial charge on any atom is 0.253 e. The average Bonchev–Trinajstić information content (AvgIpc) is 2.45. The molecule has 0 saturated carbocycles. The van der Waals surface area contributed by atoms with Crippen LogP contribution in [0.4, 0.5) is 0 Å². The number of rotatable bonds is 3. The zero-order valence-corrected chi connectivity index (χ0v) is 15.5. The van der Waals surface area contributed by atoms with Gasteiger partial charge < -0.3 is 4.90 Å². The van der Waals surface area contributed by atoms with E-state index >= 15 is 0 Å². The first-order valence-corrected chi connectivity index (χ1v) is 9.46. The molecule has 23 heavy (non-hydrogen) atoms. The molecular formula is C16H23ClN2O3S. The van der Waals surface area contributed by atoms with Crippen molar-refractivity contribution in [3.05, 3.63) is 28.8 Å². The van der Waals surface area contributed by atoms with Crippen molar-refractivity contribution in [1.29, 1.82) is 0 Å². The van der Waals surface area contributed by atoms with Gasteiger partial charge in [0.05, 0.1) is 5.02 Å². The second-order valence-electron chi connectivity index (χ2n) is 6.59. The fourth-order valence-electron chi connectivity index (χ4n) is 3.04. The second kappa shape index (κ2) is 6.79. The molecule has 0 N–H and O–H groups in total. The predicted molar refractivity (Wildman–Crippen MR) is 91.2 cm³/mol. The van der Waals surface area contributed by atoms with Crippen molar-refractivity contribution in [3.63, 3.8) is 0 Å². The van der Waals surface area contributed by atoms with Crippen LogP contribution in [-0.4, -0.2) is 50.7 Å². The molecule has 0 bridgehead atoms. The maximum absolute atomic E-state index is 12.7. The topological polar surface area (TPSA) is 57.7 Å². The zero-order chi connectivity index (χ0) is 17.4. The molecule has 2 atom stereocenters. The molecule has 128 valence electrons. The molecule has 0 radical (unpaired) electrons. The standard InChI is InChI=1S/C16H23ClN2O3S/c1-11-7-12(2)10-19(9-11)16(20)13-5-6-14(17)15(8-13)23(21,22)18(3)4/h5-6,8,11-12H,7,9-10H2,1-4H3. The van der Waals surface area contributed by atoms with Crippen LogP contribution in [0.25, 0.3) is 0 Å². The molecule has 5 nitrogen and oxygen atoms in total. The predicted octanol–water partition coefficient (Wildman–Crippen LogP) is 2.71. The summed E-state index contributed by atoms with van der Waals surface area (Å²) in [6.45, 7) is 5.64.